The number of aliphatic imine (C=N–C) groups is 2. The predicted molar refractivity (Wildman–Crippen MR) is 109 cm³/mol. The molecule has 0 aliphatic carbocycles. The summed E-state index contributed by atoms with van der Waals surface area (Å²) in [6, 6.07) is 7.92. The maximum absolute atomic E-state index is 10.1. The second-order valence-corrected chi connectivity index (χ2v) is 6.48. The van der Waals surface area contributed by atoms with Gasteiger partial charge in [-0.25, -0.2) is 0 Å². The molecule has 0 heterocycles. The zero-order chi connectivity index (χ0) is 19.1. The Morgan fingerprint density at radius 2 is 1.12 bits per heavy atom. The first kappa shape index (κ1) is 19.7. The van der Waals surface area contributed by atoms with Crippen molar-refractivity contribution in [2.24, 2.45) is 9.98 Å². The number of aromatic hydroxyl groups is 2. The topological polar surface area (TPSA) is 65.2 Å². The van der Waals surface area contributed by atoms with Gasteiger partial charge in [-0.15, -0.1) is 0 Å². The highest BCUT2D eigenvalue weighted by atomic mass is 16.3. The van der Waals surface area contributed by atoms with Gasteiger partial charge in [-0.2, -0.15) is 0 Å². The maximum Gasteiger partial charge on any atom is 0.127 e. The Labute approximate surface area is 156 Å². The van der Waals surface area contributed by atoms with Crippen molar-refractivity contribution < 1.29 is 10.2 Å². The lowest BCUT2D eigenvalue weighted by Crippen LogP contribution is -1.94. The van der Waals surface area contributed by atoms with Crippen LogP contribution in [0.25, 0.3) is 0 Å². The second kappa shape index (κ2) is 9.18. The molecular weight excluding hydrogens is 324 g/mol. The molecule has 0 unspecified atom stereocenters. The second-order valence-electron chi connectivity index (χ2n) is 6.48. The minimum absolute atomic E-state index is 0.284. The van der Waals surface area contributed by atoms with E-state index in [2.05, 4.69) is 23.8 Å². The van der Waals surface area contributed by atoms with Gasteiger partial charge < -0.3 is 10.2 Å². The molecule has 0 saturated carbocycles. The average Bonchev–Trinajstić information content (AvgIpc) is 2.64. The van der Waals surface area contributed by atoms with E-state index in [9.17, 15) is 10.2 Å². The van der Waals surface area contributed by atoms with Crippen LogP contribution in [-0.4, -0.2) is 35.7 Å². The first-order chi connectivity index (χ1) is 12.5. The molecule has 4 nitrogen and oxygen atoms in total. The number of nitrogens with zero attached hydrogens (tertiary/aromatic N) is 2. The molecular formula is C22H28N2O2. The van der Waals surface area contributed by atoms with Gasteiger partial charge in [0.25, 0.3) is 0 Å². The molecule has 0 aromatic heterocycles. The quantitative estimate of drug-likeness (QED) is 0.574. The number of phenolic OH excluding ortho intramolecular Hbond substituents is 2. The van der Waals surface area contributed by atoms with Crippen molar-refractivity contribution in [1.82, 2.24) is 0 Å². The Morgan fingerprint density at radius 1 is 0.731 bits per heavy atom. The van der Waals surface area contributed by atoms with Gasteiger partial charge in [0.1, 0.15) is 11.5 Å². The fraction of sp³-hybridized carbons (Fsp3) is 0.364. The van der Waals surface area contributed by atoms with Gasteiger partial charge in [0.2, 0.25) is 0 Å². The monoisotopic (exact) mass is 352 g/mol. The van der Waals surface area contributed by atoms with E-state index in [1.807, 2.05) is 38.1 Å². The predicted octanol–water partition coefficient (Wildman–Crippen LogP) is 4.38. The van der Waals surface area contributed by atoms with Crippen LogP contribution in [0.4, 0.5) is 0 Å². The molecule has 0 amide bonds. The summed E-state index contributed by atoms with van der Waals surface area (Å²) in [6.45, 7) is 9.03. The highest BCUT2D eigenvalue weighted by Gasteiger charge is 2.05. The lowest BCUT2D eigenvalue weighted by Gasteiger charge is -2.06. The molecule has 0 aliphatic rings. The van der Waals surface area contributed by atoms with Crippen LogP contribution in [0.15, 0.2) is 34.3 Å². The summed E-state index contributed by atoms with van der Waals surface area (Å²) in [5.41, 5.74) is 5.59. The zero-order valence-electron chi connectivity index (χ0n) is 16.1. The van der Waals surface area contributed by atoms with E-state index >= 15 is 0 Å². The largest absolute Gasteiger partial charge is 0.507 e. The molecule has 0 radical (unpaired) electrons. The van der Waals surface area contributed by atoms with Crippen LogP contribution in [0.2, 0.25) is 0 Å². The summed E-state index contributed by atoms with van der Waals surface area (Å²) >= 11 is 0. The van der Waals surface area contributed by atoms with Gasteiger partial charge in [0.05, 0.1) is 13.1 Å². The molecule has 26 heavy (non-hydrogen) atoms. The van der Waals surface area contributed by atoms with Crippen LogP contribution in [-0.2, 0) is 12.8 Å². The molecule has 0 saturated heterocycles. The highest BCUT2D eigenvalue weighted by Crippen LogP contribution is 2.23. The number of rotatable bonds is 7. The summed E-state index contributed by atoms with van der Waals surface area (Å²) in [5, 5.41) is 20.3. The van der Waals surface area contributed by atoms with E-state index in [4.69, 9.17) is 0 Å². The number of hydrogen-bond acceptors (Lipinski definition) is 4. The van der Waals surface area contributed by atoms with Crippen LogP contribution in [0, 0.1) is 13.8 Å². The Morgan fingerprint density at radius 3 is 1.46 bits per heavy atom. The molecule has 138 valence electrons. The van der Waals surface area contributed by atoms with E-state index in [-0.39, 0.29) is 11.5 Å². The highest BCUT2D eigenvalue weighted by molar-refractivity contribution is 5.85. The SMILES string of the molecule is CCc1cc(C)c(O)c(C=NCCN=Cc2cc(CC)cc(C)c2O)c1. The van der Waals surface area contributed by atoms with Crippen molar-refractivity contribution in [3.63, 3.8) is 0 Å². The molecule has 2 N–H and O–H groups in total. The van der Waals surface area contributed by atoms with Crippen LogP contribution in [0.1, 0.15) is 47.2 Å². The van der Waals surface area contributed by atoms with Crippen LogP contribution in [0.3, 0.4) is 0 Å². The van der Waals surface area contributed by atoms with Crippen molar-refractivity contribution in [1.29, 1.82) is 0 Å². The fourth-order valence-electron chi connectivity index (χ4n) is 2.81. The Bertz CT molecular complexity index is 754. The molecule has 2 aromatic carbocycles. The van der Waals surface area contributed by atoms with Gasteiger partial charge >= 0.3 is 0 Å². The Hall–Kier alpha value is -2.62. The van der Waals surface area contributed by atoms with Gasteiger partial charge in [-0.3, -0.25) is 9.98 Å². The van der Waals surface area contributed by atoms with Crippen molar-refractivity contribution in [3.05, 3.63) is 57.6 Å². The number of aryl methyl sites for hydroxylation is 4. The van der Waals surface area contributed by atoms with Crippen molar-refractivity contribution >= 4 is 12.4 Å². The third-order valence-electron chi connectivity index (χ3n) is 4.41. The van der Waals surface area contributed by atoms with Crippen LogP contribution >= 0.6 is 0 Å². The molecule has 0 bridgehead atoms. The lowest BCUT2D eigenvalue weighted by molar-refractivity contribution is 0.469. The summed E-state index contributed by atoms with van der Waals surface area (Å²) in [6.07, 6.45) is 5.25. The molecule has 4 heteroatoms. The number of hydrogen-bond donors (Lipinski definition) is 2. The third-order valence-corrected chi connectivity index (χ3v) is 4.41. The number of benzene rings is 2. The minimum atomic E-state index is 0.284. The van der Waals surface area contributed by atoms with Gasteiger partial charge in [0, 0.05) is 23.6 Å². The maximum atomic E-state index is 10.1. The normalized spacial score (nSPS) is 11.7. The van der Waals surface area contributed by atoms with Crippen LogP contribution < -0.4 is 0 Å². The standard InChI is InChI=1S/C22H28N2O2/c1-5-17-9-15(3)21(25)19(11-17)13-23-7-8-24-14-20-12-18(6-2)10-16(4)22(20)26/h9-14,25-26H,5-8H2,1-4H3. The summed E-state index contributed by atoms with van der Waals surface area (Å²) < 4.78 is 0. The third kappa shape index (κ3) is 4.94. The molecule has 0 atom stereocenters. The molecule has 2 rings (SSSR count). The van der Waals surface area contributed by atoms with Gasteiger partial charge in [-0.1, -0.05) is 26.0 Å². The average molecular weight is 352 g/mol. The van der Waals surface area contributed by atoms with Crippen molar-refractivity contribution in [3.8, 4) is 11.5 Å². The zero-order valence-corrected chi connectivity index (χ0v) is 16.1. The lowest BCUT2D eigenvalue weighted by atomic mass is 10.0. The Balaban J connectivity index is 1.99. The van der Waals surface area contributed by atoms with Crippen LogP contribution in [0.5, 0.6) is 11.5 Å². The van der Waals surface area contributed by atoms with Gasteiger partial charge in [0.15, 0.2) is 0 Å². The first-order valence-corrected chi connectivity index (χ1v) is 9.10. The fourth-order valence-corrected chi connectivity index (χ4v) is 2.81. The van der Waals surface area contributed by atoms with E-state index in [1.165, 1.54) is 11.1 Å². The first-order valence-electron chi connectivity index (χ1n) is 9.10. The van der Waals surface area contributed by atoms with E-state index in [0.717, 1.165) is 35.1 Å². The smallest absolute Gasteiger partial charge is 0.127 e. The van der Waals surface area contributed by atoms with Crippen molar-refractivity contribution in [2.75, 3.05) is 13.1 Å². The van der Waals surface area contributed by atoms with E-state index in [0.29, 0.717) is 13.1 Å². The van der Waals surface area contributed by atoms with Crippen molar-refractivity contribution in [2.45, 2.75) is 40.5 Å². The van der Waals surface area contributed by atoms with E-state index in [1.54, 1.807) is 12.4 Å². The molecule has 0 aliphatic heterocycles. The summed E-state index contributed by atoms with van der Waals surface area (Å²) in [5.74, 6) is 0.567. The molecule has 0 fully saturated rings. The minimum Gasteiger partial charge on any atom is -0.507 e. The Kier molecular flexibility index (Phi) is 6.96. The molecule has 2 aromatic rings. The summed E-state index contributed by atoms with van der Waals surface area (Å²) in [7, 11) is 0. The number of phenols is 2. The summed E-state index contributed by atoms with van der Waals surface area (Å²) in [4.78, 5) is 8.73. The van der Waals surface area contributed by atoms with E-state index < -0.39 is 0 Å². The molecule has 0 spiro atoms. The van der Waals surface area contributed by atoms with Gasteiger partial charge in [-0.05, 0) is 61.1 Å².